The highest BCUT2D eigenvalue weighted by Crippen LogP contribution is 2.47. The van der Waals surface area contributed by atoms with Gasteiger partial charge in [-0.1, -0.05) is 0 Å². The molecule has 4 aliphatic rings. The minimum Gasteiger partial charge on any atom is -0.474 e. The SMILES string of the molecule is CS(=O)(=O)OC[C@H]1CCc2sc3ncnc(OC4CCC(N5CC6(COC6)C5)CC4)c3c21. The highest BCUT2D eigenvalue weighted by molar-refractivity contribution is 7.85. The Morgan fingerprint density at radius 1 is 1.19 bits per heavy atom. The lowest BCUT2D eigenvalue weighted by molar-refractivity contribution is -0.201. The molecule has 2 aliphatic carbocycles. The van der Waals surface area contributed by atoms with Gasteiger partial charge in [0.15, 0.2) is 0 Å². The molecule has 0 aromatic carbocycles. The van der Waals surface area contributed by atoms with E-state index in [4.69, 9.17) is 13.7 Å². The van der Waals surface area contributed by atoms with E-state index in [0.29, 0.717) is 17.3 Å². The first-order chi connectivity index (χ1) is 15.4. The molecule has 8 nitrogen and oxygen atoms in total. The van der Waals surface area contributed by atoms with Crippen molar-refractivity contribution >= 4 is 31.7 Å². The molecule has 1 saturated carbocycles. The molecule has 1 spiro atoms. The molecule has 0 bridgehead atoms. The molecule has 2 aliphatic heterocycles. The summed E-state index contributed by atoms with van der Waals surface area (Å²) < 4.78 is 40.0. The predicted molar refractivity (Wildman–Crippen MR) is 121 cm³/mol. The lowest BCUT2D eigenvalue weighted by Gasteiger charge is -2.58. The summed E-state index contributed by atoms with van der Waals surface area (Å²) in [6.07, 6.45) is 9.01. The van der Waals surface area contributed by atoms with Gasteiger partial charge in [-0.2, -0.15) is 8.42 Å². The summed E-state index contributed by atoms with van der Waals surface area (Å²) in [5.41, 5.74) is 1.60. The molecule has 3 fully saturated rings. The van der Waals surface area contributed by atoms with E-state index in [2.05, 4.69) is 14.9 Å². The fraction of sp³-hybridized carbons (Fsp3) is 0.727. The normalized spacial score (nSPS) is 29.6. The Morgan fingerprint density at radius 3 is 2.66 bits per heavy atom. The van der Waals surface area contributed by atoms with Crippen LogP contribution in [0.1, 0.15) is 48.5 Å². The number of rotatable bonds is 6. The van der Waals surface area contributed by atoms with Gasteiger partial charge in [0, 0.05) is 35.3 Å². The van der Waals surface area contributed by atoms with Crippen molar-refractivity contribution < 1.29 is 22.1 Å². The average molecular weight is 480 g/mol. The second-order valence-corrected chi connectivity index (χ2v) is 12.7. The minimum absolute atomic E-state index is 0.0341. The molecule has 2 aromatic heterocycles. The number of aromatic nitrogens is 2. The van der Waals surface area contributed by atoms with Crippen LogP contribution in [0.3, 0.4) is 0 Å². The summed E-state index contributed by atoms with van der Waals surface area (Å²) in [6.45, 7) is 4.42. The summed E-state index contributed by atoms with van der Waals surface area (Å²) in [5, 5.41) is 0.962. The van der Waals surface area contributed by atoms with Gasteiger partial charge in [0.1, 0.15) is 17.3 Å². The molecule has 2 aromatic rings. The average Bonchev–Trinajstić information content (AvgIpc) is 3.24. The second-order valence-electron chi connectivity index (χ2n) is 9.97. The van der Waals surface area contributed by atoms with Crippen molar-refractivity contribution in [3.8, 4) is 5.88 Å². The monoisotopic (exact) mass is 479 g/mol. The Balaban J connectivity index is 1.14. The Bertz CT molecular complexity index is 1110. The van der Waals surface area contributed by atoms with Crippen LogP contribution in [0.2, 0.25) is 0 Å². The molecule has 0 amide bonds. The van der Waals surface area contributed by atoms with Crippen molar-refractivity contribution in [1.82, 2.24) is 14.9 Å². The van der Waals surface area contributed by atoms with Crippen LogP contribution in [-0.4, -0.2) is 74.6 Å². The third-order valence-corrected chi connectivity index (χ3v) is 9.25. The van der Waals surface area contributed by atoms with Gasteiger partial charge in [-0.3, -0.25) is 9.08 Å². The number of hydrogen-bond donors (Lipinski definition) is 0. The van der Waals surface area contributed by atoms with E-state index in [9.17, 15) is 8.42 Å². The third-order valence-electron chi connectivity index (χ3n) is 7.51. The van der Waals surface area contributed by atoms with E-state index in [1.165, 1.54) is 18.0 Å². The number of aryl methyl sites for hydroxylation is 1. The lowest BCUT2D eigenvalue weighted by Crippen LogP contribution is -2.68. The standard InChI is InChI=1S/C22H29N3O5S2/c1-32(26,27)29-8-14-2-7-17-18(14)19-20(23-13-24-21(19)31-17)30-16-5-3-15(4-6-16)25-9-22(10-25)11-28-12-22/h13-16H,2-12H2,1H3/t14-,15?,16?/m1/s1. The van der Waals surface area contributed by atoms with Crippen molar-refractivity contribution in [3.63, 3.8) is 0 Å². The first-order valence-corrected chi connectivity index (χ1v) is 14.1. The van der Waals surface area contributed by atoms with Crippen LogP contribution in [0.25, 0.3) is 10.2 Å². The summed E-state index contributed by atoms with van der Waals surface area (Å²) in [7, 11) is -3.47. The molecule has 2 saturated heterocycles. The fourth-order valence-electron chi connectivity index (χ4n) is 5.84. The van der Waals surface area contributed by atoms with Crippen molar-refractivity contribution in [2.75, 3.05) is 39.2 Å². The van der Waals surface area contributed by atoms with Crippen molar-refractivity contribution in [2.45, 2.75) is 56.6 Å². The van der Waals surface area contributed by atoms with Crippen LogP contribution < -0.4 is 4.74 Å². The van der Waals surface area contributed by atoms with Gasteiger partial charge in [-0.15, -0.1) is 11.3 Å². The Labute approximate surface area is 192 Å². The molecule has 0 radical (unpaired) electrons. The molecule has 32 heavy (non-hydrogen) atoms. The number of nitrogens with zero attached hydrogens (tertiary/aromatic N) is 3. The number of thiophene rings is 1. The highest BCUT2D eigenvalue weighted by Gasteiger charge is 2.51. The maximum Gasteiger partial charge on any atom is 0.264 e. The Morgan fingerprint density at radius 2 is 1.97 bits per heavy atom. The first-order valence-electron chi connectivity index (χ1n) is 11.5. The van der Waals surface area contributed by atoms with Crippen molar-refractivity contribution in [1.29, 1.82) is 0 Å². The van der Waals surface area contributed by atoms with E-state index in [-0.39, 0.29) is 18.6 Å². The van der Waals surface area contributed by atoms with E-state index < -0.39 is 10.1 Å². The Kier molecular flexibility index (Phi) is 5.22. The maximum atomic E-state index is 11.5. The van der Waals surface area contributed by atoms with Gasteiger partial charge in [-0.25, -0.2) is 9.97 Å². The summed E-state index contributed by atoms with van der Waals surface area (Å²) in [6, 6.07) is 0.661. The maximum absolute atomic E-state index is 11.5. The van der Waals surface area contributed by atoms with Crippen LogP contribution in [0, 0.1) is 5.41 Å². The van der Waals surface area contributed by atoms with Crippen molar-refractivity contribution in [2.24, 2.45) is 5.41 Å². The van der Waals surface area contributed by atoms with E-state index in [1.54, 1.807) is 17.7 Å². The number of ether oxygens (including phenoxy) is 2. The van der Waals surface area contributed by atoms with E-state index in [1.807, 2.05) is 0 Å². The van der Waals surface area contributed by atoms with Crippen LogP contribution in [0.15, 0.2) is 6.33 Å². The van der Waals surface area contributed by atoms with E-state index in [0.717, 1.165) is 73.8 Å². The van der Waals surface area contributed by atoms with Gasteiger partial charge in [-0.05, 0) is 44.1 Å². The summed E-state index contributed by atoms with van der Waals surface area (Å²) in [5.74, 6) is 0.684. The zero-order valence-electron chi connectivity index (χ0n) is 18.3. The largest absolute Gasteiger partial charge is 0.474 e. The fourth-order valence-corrected chi connectivity index (χ4v) is 7.48. The smallest absolute Gasteiger partial charge is 0.264 e. The molecule has 0 unspecified atom stereocenters. The summed E-state index contributed by atoms with van der Waals surface area (Å²) in [4.78, 5) is 13.8. The topological polar surface area (TPSA) is 90.9 Å². The number of likely N-dealkylation sites (tertiary alicyclic amines) is 1. The first kappa shape index (κ1) is 21.2. The predicted octanol–water partition coefficient (Wildman–Crippen LogP) is 2.72. The minimum atomic E-state index is -3.47. The molecule has 174 valence electrons. The van der Waals surface area contributed by atoms with Gasteiger partial charge < -0.3 is 9.47 Å². The molecule has 10 heteroatoms. The Hall–Kier alpha value is -1.33. The highest BCUT2D eigenvalue weighted by atomic mass is 32.2. The molecule has 6 rings (SSSR count). The number of fused-ring (bicyclic) bond motifs is 3. The zero-order chi connectivity index (χ0) is 21.9. The zero-order valence-corrected chi connectivity index (χ0v) is 19.9. The van der Waals surface area contributed by atoms with Gasteiger partial charge in [0.2, 0.25) is 5.88 Å². The quantitative estimate of drug-likeness (QED) is 0.584. The van der Waals surface area contributed by atoms with Crippen LogP contribution in [0.4, 0.5) is 0 Å². The van der Waals surface area contributed by atoms with Crippen LogP contribution in [0.5, 0.6) is 5.88 Å². The van der Waals surface area contributed by atoms with Crippen LogP contribution in [-0.2, 0) is 25.5 Å². The molecule has 4 heterocycles. The molecular weight excluding hydrogens is 450 g/mol. The summed E-state index contributed by atoms with van der Waals surface area (Å²) >= 11 is 1.67. The van der Waals surface area contributed by atoms with E-state index >= 15 is 0 Å². The number of hydrogen-bond acceptors (Lipinski definition) is 9. The van der Waals surface area contributed by atoms with Crippen LogP contribution >= 0.6 is 11.3 Å². The van der Waals surface area contributed by atoms with Crippen molar-refractivity contribution in [3.05, 3.63) is 16.8 Å². The van der Waals surface area contributed by atoms with Gasteiger partial charge in [0.25, 0.3) is 10.1 Å². The molecular formula is C22H29N3O5S2. The molecule has 1 atom stereocenters. The lowest BCUT2D eigenvalue weighted by atomic mass is 9.75. The second kappa shape index (κ2) is 7.87. The van der Waals surface area contributed by atoms with Gasteiger partial charge in [0.05, 0.1) is 31.5 Å². The molecule has 0 N–H and O–H groups in total. The van der Waals surface area contributed by atoms with Gasteiger partial charge >= 0.3 is 0 Å². The third kappa shape index (κ3) is 3.83.